The summed E-state index contributed by atoms with van der Waals surface area (Å²) in [6.45, 7) is -2.31. The van der Waals surface area contributed by atoms with Gasteiger partial charge in [0.25, 0.3) is 11.8 Å². The molecule has 2 aromatic carbocycles. The second kappa shape index (κ2) is 8.81. The highest BCUT2D eigenvalue weighted by molar-refractivity contribution is 5.98. The Morgan fingerprint density at radius 3 is 2.81 bits per heavy atom. The average molecular weight is 428 g/mol. The Kier molecular flexibility index (Phi) is 5.94. The molecule has 1 saturated heterocycles. The molecule has 0 bridgehead atoms. The molecule has 2 heterocycles. The van der Waals surface area contributed by atoms with Gasteiger partial charge < -0.3 is 15.0 Å². The third-order valence-corrected chi connectivity index (χ3v) is 5.19. The van der Waals surface area contributed by atoms with Gasteiger partial charge in [0.15, 0.2) is 0 Å². The number of carbonyl (C=O) groups excluding carboxylic acids is 2. The van der Waals surface area contributed by atoms with Crippen LogP contribution in [0.25, 0.3) is 11.0 Å². The maximum absolute atomic E-state index is 13.6. The van der Waals surface area contributed by atoms with Gasteiger partial charge in [-0.2, -0.15) is 8.78 Å². The molecule has 0 saturated carbocycles. The fraction of sp³-hybridized carbons (Fsp3) is 0.318. The van der Waals surface area contributed by atoms with Crippen molar-refractivity contribution in [3.63, 3.8) is 0 Å². The number of imidazole rings is 1. The number of nitrogens with one attached hydrogen (secondary N) is 1. The molecular weight excluding hydrogens is 406 g/mol. The van der Waals surface area contributed by atoms with E-state index in [4.69, 9.17) is 4.74 Å². The van der Waals surface area contributed by atoms with Crippen LogP contribution in [0.3, 0.4) is 0 Å². The zero-order chi connectivity index (χ0) is 22.0. The first-order chi connectivity index (χ1) is 14.9. The number of amides is 2. The number of hydrogen-bond acceptors (Lipinski definition) is 4. The molecule has 0 spiro atoms. The number of halogens is 2. The molecule has 1 fully saturated rings. The normalized spacial score (nSPS) is 16.1. The highest BCUT2D eigenvalue weighted by Crippen LogP contribution is 2.24. The highest BCUT2D eigenvalue weighted by atomic mass is 19.3. The molecule has 0 aliphatic carbocycles. The molecule has 4 rings (SSSR count). The Balaban J connectivity index is 1.50. The number of nitrogens with zero attached hydrogens (tertiary/aromatic N) is 3. The van der Waals surface area contributed by atoms with Crippen LogP contribution in [0.4, 0.5) is 14.5 Å². The molecule has 1 unspecified atom stereocenters. The van der Waals surface area contributed by atoms with Crippen molar-refractivity contribution in [3.8, 4) is 0 Å². The summed E-state index contributed by atoms with van der Waals surface area (Å²) in [5.74, 6) is -0.530. The van der Waals surface area contributed by atoms with Crippen molar-refractivity contribution in [2.45, 2.75) is 32.0 Å². The Morgan fingerprint density at radius 2 is 2.06 bits per heavy atom. The number of hydrogen-bond donors (Lipinski definition) is 1. The predicted molar refractivity (Wildman–Crippen MR) is 111 cm³/mol. The van der Waals surface area contributed by atoms with E-state index in [2.05, 4.69) is 10.3 Å². The van der Waals surface area contributed by atoms with Crippen molar-refractivity contribution in [1.29, 1.82) is 0 Å². The highest BCUT2D eigenvalue weighted by Gasteiger charge is 2.24. The molecular formula is C22H22F2N4O3. The second-order valence-corrected chi connectivity index (χ2v) is 7.40. The number of rotatable bonds is 6. The lowest BCUT2D eigenvalue weighted by atomic mass is 10.1. The minimum Gasteiger partial charge on any atom is -0.368 e. The van der Waals surface area contributed by atoms with Gasteiger partial charge in [-0.3, -0.25) is 14.2 Å². The predicted octanol–water partition coefficient (Wildman–Crippen LogP) is 3.82. The van der Waals surface area contributed by atoms with E-state index in [-0.39, 0.29) is 24.2 Å². The van der Waals surface area contributed by atoms with E-state index >= 15 is 0 Å². The van der Waals surface area contributed by atoms with Crippen molar-refractivity contribution in [2.75, 3.05) is 19.0 Å². The summed E-state index contributed by atoms with van der Waals surface area (Å²) in [6.07, 6.45) is 1.02. The van der Waals surface area contributed by atoms with Gasteiger partial charge in [0, 0.05) is 24.9 Å². The number of anilines is 1. The van der Waals surface area contributed by atoms with Crippen molar-refractivity contribution in [3.05, 3.63) is 59.9 Å². The number of para-hydroxylation sites is 2. The Labute approximate surface area is 177 Å². The molecule has 2 amide bonds. The number of benzene rings is 2. The summed E-state index contributed by atoms with van der Waals surface area (Å²) in [7, 11) is 1.52. The molecule has 1 atom stereocenters. The van der Waals surface area contributed by atoms with Gasteiger partial charge in [0.2, 0.25) is 0 Å². The molecule has 162 valence electrons. The van der Waals surface area contributed by atoms with Gasteiger partial charge in [-0.15, -0.1) is 0 Å². The van der Waals surface area contributed by atoms with Crippen molar-refractivity contribution in [1.82, 2.24) is 14.5 Å². The van der Waals surface area contributed by atoms with E-state index in [1.54, 1.807) is 48.5 Å². The van der Waals surface area contributed by atoms with Gasteiger partial charge in [-0.1, -0.05) is 18.2 Å². The summed E-state index contributed by atoms with van der Waals surface area (Å²) < 4.78 is 33.5. The summed E-state index contributed by atoms with van der Waals surface area (Å²) in [5.41, 5.74) is 1.55. The number of ether oxygens (including phenoxy) is 1. The Bertz CT molecular complexity index is 1110. The van der Waals surface area contributed by atoms with E-state index in [1.807, 2.05) is 0 Å². The van der Waals surface area contributed by atoms with Crippen LogP contribution in [0.5, 0.6) is 0 Å². The molecule has 31 heavy (non-hydrogen) atoms. The zero-order valence-corrected chi connectivity index (χ0v) is 16.9. The van der Waals surface area contributed by atoms with E-state index < -0.39 is 12.7 Å². The molecule has 1 aromatic heterocycles. The Hall–Kier alpha value is -3.33. The van der Waals surface area contributed by atoms with Crippen molar-refractivity contribution in [2.24, 2.45) is 0 Å². The third-order valence-electron chi connectivity index (χ3n) is 5.19. The third kappa shape index (κ3) is 4.41. The molecule has 1 N–H and O–H groups in total. The van der Waals surface area contributed by atoms with Crippen molar-refractivity contribution >= 4 is 28.5 Å². The standard InChI is InChI=1S/C22H22F2N4O3/c1-27(13-19-26-16-8-2-3-9-17(16)28(19)22(23)24)21(30)14-6-4-7-15(12-14)25-20(29)18-10-5-11-31-18/h2-4,6-9,12,18,22H,5,10-11,13H2,1H3,(H,25,29). The van der Waals surface area contributed by atoms with Crippen LogP contribution in [0.2, 0.25) is 0 Å². The molecule has 7 nitrogen and oxygen atoms in total. The smallest absolute Gasteiger partial charge is 0.320 e. The lowest BCUT2D eigenvalue weighted by Gasteiger charge is -2.18. The lowest BCUT2D eigenvalue weighted by Crippen LogP contribution is -2.29. The Morgan fingerprint density at radius 1 is 1.26 bits per heavy atom. The fourth-order valence-electron chi connectivity index (χ4n) is 3.67. The van der Waals surface area contributed by atoms with Gasteiger partial charge in [-0.25, -0.2) is 4.98 Å². The number of alkyl halides is 2. The van der Waals surface area contributed by atoms with E-state index in [0.717, 1.165) is 11.0 Å². The number of fused-ring (bicyclic) bond motifs is 1. The SMILES string of the molecule is CN(Cc1nc2ccccc2n1C(F)F)C(=O)c1cccc(NC(=O)C2CCCO2)c1. The van der Waals surface area contributed by atoms with Gasteiger partial charge in [-0.05, 0) is 43.2 Å². The fourth-order valence-corrected chi connectivity index (χ4v) is 3.67. The van der Waals surface area contributed by atoms with Crippen LogP contribution in [0.15, 0.2) is 48.5 Å². The van der Waals surface area contributed by atoms with Crippen LogP contribution in [-0.4, -0.2) is 46.0 Å². The molecule has 3 aromatic rings. The number of aromatic nitrogens is 2. The second-order valence-electron chi connectivity index (χ2n) is 7.40. The van der Waals surface area contributed by atoms with Crippen molar-refractivity contribution < 1.29 is 23.1 Å². The van der Waals surface area contributed by atoms with E-state index in [1.165, 1.54) is 11.9 Å². The largest absolute Gasteiger partial charge is 0.368 e. The minimum absolute atomic E-state index is 0.0925. The van der Waals surface area contributed by atoms with Gasteiger partial charge >= 0.3 is 6.55 Å². The van der Waals surface area contributed by atoms with Crippen LogP contribution in [-0.2, 0) is 16.1 Å². The topological polar surface area (TPSA) is 76.5 Å². The first kappa shape index (κ1) is 20.9. The maximum atomic E-state index is 13.6. The van der Waals surface area contributed by atoms with E-state index in [0.29, 0.717) is 35.3 Å². The molecule has 1 aliphatic heterocycles. The summed E-state index contributed by atoms with van der Waals surface area (Å²) in [4.78, 5) is 30.7. The lowest BCUT2D eigenvalue weighted by molar-refractivity contribution is -0.124. The van der Waals surface area contributed by atoms with Crippen LogP contribution >= 0.6 is 0 Å². The van der Waals surface area contributed by atoms with E-state index in [9.17, 15) is 18.4 Å². The summed E-state index contributed by atoms with van der Waals surface area (Å²) >= 11 is 0. The minimum atomic E-state index is -2.78. The molecule has 0 radical (unpaired) electrons. The van der Waals surface area contributed by atoms with Crippen LogP contribution in [0, 0.1) is 0 Å². The van der Waals surface area contributed by atoms with Gasteiger partial charge in [0.1, 0.15) is 11.9 Å². The number of carbonyl (C=O) groups is 2. The molecule has 1 aliphatic rings. The van der Waals surface area contributed by atoms with Crippen LogP contribution in [0.1, 0.15) is 35.6 Å². The zero-order valence-electron chi connectivity index (χ0n) is 16.9. The quantitative estimate of drug-likeness (QED) is 0.648. The summed E-state index contributed by atoms with van der Waals surface area (Å²) in [5, 5.41) is 2.76. The first-order valence-corrected chi connectivity index (χ1v) is 9.96. The van der Waals surface area contributed by atoms with Crippen LogP contribution < -0.4 is 5.32 Å². The molecule has 9 heteroatoms. The van der Waals surface area contributed by atoms with Gasteiger partial charge in [0.05, 0.1) is 17.6 Å². The average Bonchev–Trinajstić information content (AvgIpc) is 3.41. The first-order valence-electron chi connectivity index (χ1n) is 9.96. The monoisotopic (exact) mass is 428 g/mol. The summed E-state index contributed by atoms with van der Waals surface area (Å²) in [6, 6.07) is 13.1. The maximum Gasteiger partial charge on any atom is 0.320 e.